The van der Waals surface area contributed by atoms with Crippen molar-refractivity contribution < 1.29 is 4.74 Å². The zero-order valence-electron chi connectivity index (χ0n) is 11.8. The molecule has 1 aromatic heterocycles. The van der Waals surface area contributed by atoms with E-state index in [9.17, 15) is 0 Å². The normalized spacial score (nSPS) is 20.9. The Balaban J connectivity index is 2.02. The van der Waals surface area contributed by atoms with Crippen LogP contribution in [0.5, 0.6) is 5.75 Å². The van der Waals surface area contributed by atoms with E-state index in [4.69, 9.17) is 4.74 Å². The van der Waals surface area contributed by atoms with Crippen molar-refractivity contribution in [2.75, 3.05) is 33.8 Å². The van der Waals surface area contributed by atoms with Crippen molar-refractivity contribution in [3.05, 3.63) is 29.5 Å². The SMILES string of the molecule is COc1ccc2[nH]c(C3CN(C)CCN3)c(C)c2c1. The number of ether oxygens (including phenoxy) is 1. The molecule has 0 aliphatic carbocycles. The van der Waals surface area contributed by atoms with E-state index < -0.39 is 0 Å². The van der Waals surface area contributed by atoms with E-state index in [2.05, 4.69) is 41.3 Å². The molecule has 0 spiro atoms. The predicted octanol–water partition coefficient (Wildman–Crippen LogP) is 2.06. The third-order valence-electron chi connectivity index (χ3n) is 4.03. The monoisotopic (exact) mass is 259 g/mol. The van der Waals surface area contributed by atoms with E-state index in [0.29, 0.717) is 6.04 Å². The first-order valence-electron chi connectivity index (χ1n) is 6.77. The highest BCUT2D eigenvalue weighted by atomic mass is 16.5. The highest BCUT2D eigenvalue weighted by molar-refractivity contribution is 5.86. The molecule has 3 rings (SSSR count). The Labute approximate surface area is 113 Å². The van der Waals surface area contributed by atoms with Gasteiger partial charge in [0.1, 0.15) is 5.75 Å². The van der Waals surface area contributed by atoms with Gasteiger partial charge in [0.2, 0.25) is 0 Å². The van der Waals surface area contributed by atoms with E-state index in [1.165, 1.54) is 22.2 Å². The number of likely N-dealkylation sites (N-methyl/N-ethyl adjacent to an activating group) is 1. The molecule has 1 aliphatic heterocycles. The number of aromatic nitrogens is 1. The number of hydrogen-bond donors (Lipinski definition) is 2. The fraction of sp³-hybridized carbons (Fsp3) is 0.467. The van der Waals surface area contributed by atoms with Crippen LogP contribution in [-0.4, -0.2) is 43.7 Å². The van der Waals surface area contributed by atoms with Gasteiger partial charge in [0.25, 0.3) is 0 Å². The second-order valence-electron chi connectivity index (χ2n) is 5.34. The summed E-state index contributed by atoms with van der Waals surface area (Å²) in [5.41, 5.74) is 3.81. The first kappa shape index (κ1) is 12.5. The van der Waals surface area contributed by atoms with Gasteiger partial charge in [0.15, 0.2) is 0 Å². The van der Waals surface area contributed by atoms with Crippen LogP contribution in [0.4, 0.5) is 0 Å². The maximum Gasteiger partial charge on any atom is 0.119 e. The predicted molar refractivity (Wildman–Crippen MR) is 77.8 cm³/mol. The van der Waals surface area contributed by atoms with Crippen LogP contribution >= 0.6 is 0 Å². The van der Waals surface area contributed by atoms with Crippen molar-refractivity contribution in [1.82, 2.24) is 15.2 Å². The number of methoxy groups -OCH3 is 1. The van der Waals surface area contributed by atoms with Crippen LogP contribution in [0, 0.1) is 6.92 Å². The minimum Gasteiger partial charge on any atom is -0.497 e. The van der Waals surface area contributed by atoms with E-state index in [1.807, 2.05) is 6.07 Å². The minimum absolute atomic E-state index is 0.386. The Hall–Kier alpha value is -1.52. The zero-order chi connectivity index (χ0) is 13.4. The molecule has 0 bridgehead atoms. The summed E-state index contributed by atoms with van der Waals surface area (Å²) < 4.78 is 5.31. The number of piperazine rings is 1. The Kier molecular flexibility index (Phi) is 3.21. The Bertz CT molecular complexity index is 590. The number of benzene rings is 1. The number of hydrogen-bond acceptors (Lipinski definition) is 3. The van der Waals surface area contributed by atoms with Gasteiger partial charge in [-0.2, -0.15) is 0 Å². The molecule has 2 heterocycles. The number of nitrogens with zero attached hydrogens (tertiary/aromatic N) is 1. The summed E-state index contributed by atoms with van der Waals surface area (Å²) in [6.45, 7) is 5.39. The van der Waals surface area contributed by atoms with Crippen LogP contribution in [0.2, 0.25) is 0 Å². The highest BCUT2D eigenvalue weighted by Crippen LogP contribution is 2.29. The molecule has 1 unspecified atom stereocenters. The zero-order valence-corrected chi connectivity index (χ0v) is 11.8. The van der Waals surface area contributed by atoms with Gasteiger partial charge in [-0.1, -0.05) is 0 Å². The van der Waals surface area contributed by atoms with E-state index in [1.54, 1.807) is 7.11 Å². The first-order chi connectivity index (χ1) is 9.19. The van der Waals surface area contributed by atoms with E-state index in [-0.39, 0.29) is 0 Å². The summed E-state index contributed by atoms with van der Waals surface area (Å²) in [5.74, 6) is 0.912. The molecule has 1 aromatic carbocycles. The molecule has 0 radical (unpaired) electrons. The number of aryl methyl sites for hydroxylation is 1. The van der Waals surface area contributed by atoms with Gasteiger partial charge in [-0.05, 0) is 37.7 Å². The Morgan fingerprint density at radius 1 is 1.37 bits per heavy atom. The first-order valence-corrected chi connectivity index (χ1v) is 6.77. The molecule has 4 heteroatoms. The summed E-state index contributed by atoms with van der Waals surface area (Å²) in [6.07, 6.45) is 0. The standard InChI is InChI=1S/C15H21N3O/c1-10-12-8-11(19-3)4-5-13(12)17-15(10)14-9-18(2)7-6-16-14/h4-5,8,14,16-17H,6-7,9H2,1-3H3. The van der Waals surface area contributed by atoms with Gasteiger partial charge in [0.05, 0.1) is 13.2 Å². The summed E-state index contributed by atoms with van der Waals surface area (Å²) in [5, 5.41) is 4.85. The van der Waals surface area contributed by atoms with Crippen LogP contribution in [0.15, 0.2) is 18.2 Å². The number of H-pyrrole nitrogens is 1. The molecule has 0 saturated carbocycles. The van der Waals surface area contributed by atoms with Crippen LogP contribution in [0.25, 0.3) is 10.9 Å². The molecule has 1 atom stereocenters. The lowest BCUT2D eigenvalue weighted by Gasteiger charge is -2.30. The molecule has 4 nitrogen and oxygen atoms in total. The minimum atomic E-state index is 0.386. The van der Waals surface area contributed by atoms with Gasteiger partial charge in [0, 0.05) is 36.2 Å². The number of fused-ring (bicyclic) bond motifs is 1. The summed E-state index contributed by atoms with van der Waals surface area (Å²) in [4.78, 5) is 5.93. The lowest BCUT2D eigenvalue weighted by Crippen LogP contribution is -2.44. The molecule has 2 N–H and O–H groups in total. The molecule has 19 heavy (non-hydrogen) atoms. The summed E-state index contributed by atoms with van der Waals surface area (Å²) in [6, 6.07) is 6.59. The lowest BCUT2D eigenvalue weighted by atomic mass is 10.1. The van der Waals surface area contributed by atoms with Crippen LogP contribution < -0.4 is 10.1 Å². The number of rotatable bonds is 2. The van der Waals surface area contributed by atoms with Crippen molar-refractivity contribution in [1.29, 1.82) is 0 Å². The molecule has 2 aromatic rings. The van der Waals surface area contributed by atoms with E-state index >= 15 is 0 Å². The maximum atomic E-state index is 5.31. The average molecular weight is 259 g/mol. The van der Waals surface area contributed by atoms with Gasteiger partial charge in [-0.15, -0.1) is 0 Å². The van der Waals surface area contributed by atoms with Crippen molar-refractivity contribution in [2.45, 2.75) is 13.0 Å². The van der Waals surface area contributed by atoms with Crippen LogP contribution in [0.1, 0.15) is 17.3 Å². The maximum absolute atomic E-state index is 5.31. The fourth-order valence-electron chi connectivity index (χ4n) is 2.89. The van der Waals surface area contributed by atoms with Crippen molar-refractivity contribution in [3.63, 3.8) is 0 Å². The topological polar surface area (TPSA) is 40.3 Å². The van der Waals surface area contributed by atoms with Crippen molar-refractivity contribution in [3.8, 4) is 5.75 Å². The molecule has 1 saturated heterocycles. The third kappa shape index (κ3) is 2.22. The van der Waals surface area contributed by atoms with Gasteiger partial charge in [-0.3, -0.25) is 0 Å². The van der Waals surface area contributed by atoms with Crippen molar-refractivity contribution >= 4 is 10.9 Å². The summed E-state index contributed by atoms with van der Waals surface area (Å²) >= 11 is 0. The van der Waals surface area contributed by atoms with Crippen LogP contribution in [0.3, 0.4) is 0 Å². The second-order valence-corrected chi connectivity index (χ2v) is 5.34. The van der Waals surface area contributed by atoms with Gasteiger partial charge >= 0.3 is 0 Å². The van der Waals surface area contributed by atoms with E-state index in [0.717, 1.165) is 25.4 Å². The Morgan fingerprint density at radius 3 is 2.95 bits per heavy atom. The summed E-state index contributed by atoms with van der Waals surface area (Å²) in [7, 11) is 3.89. The van der Waals surface area contributed by atoms with Crippen molar-refractivity contribution in [2.24, 2.45) is 0 Å². The lowest BCUT2D eigenvalue weighted by molar-refractivity contribution is 0.238. The smallest absolute Gasteiger partial charge is 0.119 e. The molecule has 1 aliphatic rings. The van der Waals surface area contributed by atoms with Gasteiger partial charge < -0.3 is 19.9 Å². The van der Waals surface area contributed by atoms with Gasteiger partial charge in [-0.25, -0.2) is 0 Å². The van der Waals surface area contributed by atoms with Crippen LogP contribution in [-0.2, 0) is 0 Å². The quantitative estimate of drug-likeness (QED) is 0.867. The largest absolute Gasteiger partial charge is 0.497 e. The fourth-order valence-corrected chi connectivity index (χ4v) is 2.89. The molecular formula is C15H21N3O. The molecular weight excluding hydrogens is 238 g/mol. The Morgan fingerprint density at radius 2 is 2.21 bits per heavy atom. The molecule has 0 amide bonds. The number of aromatic amines is 1. The average Bonchev–Trinajstić information content (AvgIpc) is 2.76. The number of nitrogens with one attached hydrogen (secondary N) is 2. The highest BCUT2D eigenvalue weighted by Gasteiger charge is 2.22. The second kappa shape index (κ2) is 4.87. The third-order valence-corrected chi connectivity index (χ3v) is 4.03. The molecule has 1 fully saturated rings. The molecule has 102 valence electrons.